The molecule has 0 aromatic carbocycles. The van der Waals surface area contributed by atoms with Gasteiger partial charge in [-0.1, -0.05) is 0 Å². The lowest BCUT2D eigenvalue weighted by Crippen LogP contribution is -2.47. The van der Waals surface area contributed by atoms with E-state index >= 15 is 0 Å². The third-order valence-electron chi connectivity index (χ3n) is 4.33. The highest BCUT2D eigenvalue weighted by Gasteiger charge is 2.37. The Morgan fingerprint density at radius 2 is 2.26 bits per heavy atom. The zero-order valence-corrected chi connectivity index (χ0v) is 13.0. The first-order valence-electron chi connectivity index (χ1n) is 7.66. The quantitative estimate of drug-likeness (QED) is 0.876. The van der Waals surface area contributed by atoms with Gasteiger partial charge in [0.25, 0.3) is 5.91 Å². The molecule has 1 saturated heterocycles. The van der Waals surface area contributed by atoms with Crippen molar-refractivity contribution < 1.29 is 18.0 Å². The van der Waals surface area contributed by atoms with Gasteiger partial charge in [-0.25, -0.2) is 4.98 Å². The van der Waals surface area contributed by atoms with Crippen molar-refractivity contribution in [2.45, 2.75) is 44.9 Å². The molecule has 3 rings (SSSR count). The number of carbonyl (C=O) groups excluding carboxylic acids is 1. The van der Waals surface area contributed by atoms with Crippen LogP contribution in [0.4, 0.5) is 24.7 Å². The van der Waals surface area contributed by atoms with Crippen LogP contribution in [0.1, 0.15) is 35.8 Å². The minimum absolute atomic E-state index is 0.00558. The summed E-state index contributed by atoms with van der Waals surface area (Å²) in [5.74, 6) is -0.223. The number of rotatable bonds is 2. The van der Waals surface area contributed by atoms with Crippen LogP contribution in [0.3, 0.4) is 0 Å². The number of nitrogens with one attached hydrogen (secondary N) is 2. The third-order valence-corrected chi connectivity index (χ3v) is 4.33. The van der Waals surface area contributed by atoms with E-state index in [1.165, 1.54) is 0 Å². The molecule has 0 spiro atoms. The monoisotopic (exact) mass is 328 g/mol. The van der Waals surface area contributed by atoms with Crippen LogP contribution in [0.15, 0.2) is 6.07 Å². The second-order valence-corrected chi connectivity index (χ2v) is 6.19. The predicted octanol–water partition coefficient (Wildman–Crippen LogP) is 2.46. The van der Waals surface area contributed by atoms with Crippen LogP contribution in [-0.4, -0.2) is 42.2 Å². The van der Waals surface area contributed by atoms with Crippen LogP contribution >= 0.6 is 0 Å². The fourth-order valence-electron chi connectivity index (χ4n) is 3.13. The number of pyridine rings is 1. The maximum absolute atomic E-state index is 12.6. The fourth-order valence-corrected chi connectivity index (χ4v) is 3.13. The Bertz CT molecular complexity index is 632. The molecular weight excluding hydrogens is 309 g/mol. The molecule has 2 bridgehead atoms. The van der Waals surface area contributed by atoms with Crippen LogP contribution < -0.4 is 15.5 Å². The van der Waals surface area contributed by atoms with Gasteiger partial charge in [0.05, 0.1) is 5.69 Å². The number of hydrogen-bond donors (Lipinski definition) is 2. The summed E-state index contributed by atoms with van der Waals surface area (Å²) in [6, 6.07) is -0.0896. The number of fused-ring (bicyclic) bond motifs is 4. The Labute approximate surface area is 132 Å². The molecule has 1 aromatic rings. The molecule has 2 N–H and O–H groups in total. The molecule has 0 saturated carbocycles. The van der Waals surface area contributed by atoms with Crippen molar-refractivity contribution in [3.63, 3.8) is 0 Å². The summed E-state index contributed by atoms with van der Waals surface area (Å²) in [6.45, 7) is 4.59. The van der Waals surface area contributed by atoms with Crippen molar-refractivity contribution in [1.29, 1.82) is 0 Å². The average Bonchev–Trinajstić information content (AvgIpc) is 2.45. The Balaban J connectivity index is 1.86. The highest BCUT2D eigenvalue weighted by Crippen LogP contribution is 2.36. The molecule has 2 aliphatic heterocycles. The standard InChI is InChI=1S/C15H19F3N4O/c1-8-6-11(14(23)19-9(2)15(16,17)18)21-13-12(8)22-5-3-4-10(7-22)20-13/h6,9-10H,3-5,7H2,1-2H3,(H,19,23)(H,20,21)/t9-,10+/m1/s1. The van der Waals surface area contributed by atoms with Gasteiger partial charge < -0.3 is 15.5 Å². The summed E-state index contributed by atoms with van der Waals surface area (Å²) in [7, 11) is 0. The van der Waals surface area contributed by atoms with E-state index in [2.05, 4.69) is 15.2 Å². The fraction of sp³-hybridized carbons (Fsp3) is 0.600. The molecule has 126 valence electrons. The number of aromatic nitrogens is 1. The van der Waals surface area contributed by atoms with Gasteiger partial charge in [0.1, 0.15) is 11.7 Å². The van der Waals surface area contributed by atoms with E-state index in [1.54, 1.807) is 6.07 Å². The van der Waals surface area contributed by atoms with Gasteiger partial charge in [-0.2, -0.15) is 13.2 Å². The van der Waals surface area contributed by atoms with Gasteiger partial charge in [-0.15, -0.1) is 0 Å². The molecule has 0 radical (unpaired) electrons. The summed E-state index contributed by atoms with van der Waals surface area (Å²) < 4.78 is 37.7. The van der Waals surface area contributed by atoms with Crippen molar-refractivity contribution in [2.75, 3.05) is 23.3 Å². The number of aryl methyl sites for hydroxylation is 1. The van der Waals surface area contributed by atoms with Crippen molar-refractivity contribution in [3.05, 3.63) is 17.3 Å². The van der Waals surface area contributed by atoms with Crippen LogP contribution in [0.25, 0.3) is 0 Å². The SMILES string of the molecule is Cc1cc(C(=O)N[C@H](C)C(F)(F)F)nc2c1N1CCC[C@@H](C1)N2. The van der Waals surface area contributed by atoms with E-state index in [0.29, 0.717) is 5.82 Å². The predicted molar refractivity (Wildman–Crippen MR) is 80.8 cm³/mol. The van der Waals surface area contributed by atoms with Crippen molar-refractivity contribution >= 4 is 17.4 Å². The van der Waals surface area contributed by atoms with Gasteiger partial charge in [-0.05, 0) is 38.3 Å². The maximum Gasteiger partial charge on any atom is 0.408 e. The molecule has 2 aliphatic rings. The molecule has 1 fully saturated rings. The van der Waals surface area contributed by atoms with Crippen LogP contribution in [-0.2, 0) is 0 Å². The first kappa shape index (κ1) is 15.9. The van der Waals surface area contributed by atoms with Gasteiger partial charge in [-0.3, -0.25) is 4.79 Å². The Morgan fingerprint density at radius 1 is 1.52 bits per heavy atom. The summed E-state index contributed by atoms with van der Waals surface area (Å²) in [5, 5.41) is 5.25. The molecule has 8 heteroatoms. The molecular formula is C15H19F3N4O. The summed E-state index contributed by atoms with van der Waals surface area (Å²) in [5.41, 5.74) is 1.79. The zero-order chi connectivity index (χ0) is 16.8. The Kier molecular flexibility index (Phi) is 3.85. The van der Waals surface area contributed by atoms with Gasteiger partial charge >= 0.3 is 6.18 Å². The first-order valence-corrected chi connectivity index (χ1v) is 7.66. The number of alkyl halides is 3. The topological polar surface area (TPSA) is 57.3 Å². The van der Waals surface area contributed by atoms with Gasteiger partial charge in [0.2, 0.25) is 0 Å². The number of carbonyl (C=O) groups is 1. The van der Waals surface area contributed by atoms with E-state index in [-0.39, 0.29) is 11.7 Å². The molecule has 2 atom stereocenters. The Morgan fingerprint density at radius 3 is 2.96 bits per heavy atom. The number of amides is 1. The zero-order valence-electron chi connectivity index (χ0n) is 13.0. The highest BCUT2D eigenvalue weighted by atomic mass is 19.4. The van der Waals surface area contributed by atoms with Gasteiger partial charge in [0, 0.05) is 19.1 Å². The van der Waals surface area contributed by atoms with Crippen LogP contribution in [0, 0.1) is 6.92 Å². The van der Waals surface area contributed by atoms with E-state index < -0.39 is 18.1 Å². The minimum atomic E-state index is -4.47. The molecule has 0 unspecified atom stereocenters. The van der Waals surface area contributed by atoms with Crippen molar-refractivity contribution in [3.8, 4) is 0 Å². The van der Waals surface area contributed by atoms with Crippen molar-refractivity contribution in [2.24, 2.45) is 0 Å². The molecule has 23 heavy (non-hydrogen) atoms. The third kappa shape index (κ3) is 3.07. The van der Waals surface area contributed by atoms with Gasteiger partial charge in [0.15, 0.2) is 5.82 Å². The number of piperidine rings is 1. The Hall–Kier alpha value is -1.99. The lowest BCUT2D eigenvalue weighted by Gasteiger charge is -2.41. The first-order chi connectivity index (χ1) is 10.8. The summed E-state index contributed by atoms with van der Waals surface area (Å²) in [6.07, 6.45) is -2.36. The summed E-state index contributed by atoms with van der Waals surface area (Å²) in [4.78, 5) is 18.6. The average molecular weight is 328 g/mol. The highest BCUT2D eigenvalue weighted by molar-refractivity contribution is 5.94. The second-order valence-electron chi connectivity index (χ2n) is 6.19. The maximum atomic E-state index is 12.6. The minimum Gasteiger partial charge on any atom is -0.366 e. The van der Waals surface area contributed by atoms with E-state index in [0.717, 1.165) is 44.1 Å². The van der Waals surface area contributed by atoms with E-state index in [1.807, 2.05) is 12.2 Å². The molecule has 5 nitrogen and oxygen atoms in total. The second kappa shape index (κ2) is 5.58. The number of anilines is 2. The molecule has 3 heterocycles. The lowest BCUT2D eigenvalue weighted by molar-refractivity contribution is -0.149. The molecule has 1 aromatic heterocycles. The van der Waals surface area contributed by atoms with Crippen LogP contribution in [0.2, 0.25) is 0 Å². The largest absolute Gasteiger partial charge is 0.408 e. The normalized spacial score (nSPS) is 21.3. The van der Waals surface area contributed by atoms with Crippen LogP contribution in [0.5, 0.6) is 0 Å². The smallest absolute Gasteiger partial charge is 0.366 e. The molecule has 0 aliphatic carbocycles. The van der Waals surface area contributed by atoms with E-state index in [4.69, 9.17) is 0 Å². The van der Waals surface area contributed by atoms with E-state index in [9.17, 15) is 18.0 Å². The lowest BCUT2D eigenvalue weighted by atomic mass is 10.00. The molecule has 1 amide bonds. The van der Waals surface area contributed by atoms with Crippen molar-refractivity contribution in [1.82, 2.24) is 10.3 Å². The number of nitrogens with zero attached hydrogens (tertiary/aromatic N) is 2. The number of halogens is 3. The number of hydrogen-bond acceptors (Lipinski definition) is 4. The summed E-state index contributed by atoms with van der Waals surface area (Å²) >= 11 is 0.